The van der Waals surface area contributed by atoms with E-state index in [0.717, 1.165) is 12.8 Å². The number of hydrogen-bond acceptors (Lipinski definition) is 5. The first kappa shape index (κ1) is 24.4. The highest BCUT2D eigenvalue weighted by Gasteiger charge is 2.48. The Bertz CT molecular complexity index is 464. The van der Waals surface area contributed by atoms with E-state index >= 15 is 0 Å². The number of unbranched alkanes of at least 4 members (excludes halogenated alkanes) is 11. The van der Waals surface area contributed by atoms with E-state index in [1.807, 2.05) is 0 Å². The van der Waals surface area contributed by atoms with Crippen molar-refractivity contribution in [3.8, 4) is 0 Å². The van der Waals surface area contributed by atoms with Gasteiger partial charge in [-0.25, -0.2) is 0 Å². The van der Waals surface area contributed by atoms with Crippen LogP contribution < -0.4 is 0 Å². The van der Waals surface area contributed by atoms with E-state index in [1.165, 1.54) is 70.6 Å². The molecule has 168 valence electrons. The molecule has 1 N–H and O–H groups in total. The number of aliphatic hydroxyl groups is 1. The average molecular weight is 411 g/mol. The highest BCUT2D eigenvalue weighted by Crippen LogP contribution is 2.29. The van der Waals surface area contributed by atoms with Gasteiger partial charge in [-0.05, 0) is 32.1 Å². The van der Waals surface area contributed by atoms with Gasteiger partial charge in [0.15, 0.2) is 6.10 Å². The van der Waals surface area contributed by atoms with Gasteiger partial charge in [-0.3, -0.25) is 4.79 Å². The average Bonchev–Trinajstić information content (AvgIpc) is 3.28. The smallest absolute Gasteiger partial charge is 0.306 e. The van der Waals surface area contributed by atoms with Gasteiger partial charge in [0, 0.05) is 6.42 Å². The van der Waals surface area contributed by atoms with Crippen LogP contribution in [-0.4, -0.2) is 48.7 Å². The Morgan fingerprint density at radius 3 is 2.14 bits per heavy atom. The molecular weight excluding hydrogens is 368 g/mol. The fourth-order valence-electron chi connectivity index (χ4n) is 4.11. The lowest BCUT2D eigenvalue weighted by molar-refractivity contribution is -0.153. The van der Waals surface area contributed by atoms with E-state index in [9.17, 15) is 9.90 Å². The van der Waals surface area contributed by atoms with E-state index in [-0.39, 0.29) is 30.9 Å². The van der Waals surface area contributed by atoms with Gasteiger partial charge < -0.3 is 19.3 Å². The number of fused-ring (bicyclic) bond motifs is 1. The number of esters is 1. The maximum Gasteiger partial charge on any atom is 0.306 e. The second-order valence-corrected chi connectivity index (χ2v) is 8.53. The minimum absolute atomic E-state index is 0.179. The molecule has 0 aliphatic carbocycles. The third kappa shape index (κ3) is 9.63. The number of carbonyl (C=O) groups is 1. The lowest BCUT2D eigenvalue weighted by atomic mass is 10.1. The summed E-state index contributed by atoms with van der Waals surface area (Å²) >= 11 is 0. The van der Waals surface area contributed by atoms with Crippen LogP contribution in [0.5, 0.6) is 0 Å². The molecule has 2 fully saturated rings. The van der Waals surface area contributed by atoms with Gasteiger partial charge in [-0.2, -0.15) is 0 Å². The molecule has 4 atom stereocenters. The molecule has 5 heteroatoms. The minimum Gasteiger partial charge on any atom is -0.457 e. The summed E-state index contributed by atoms with van der Waals surface area (Å²) in [5.41, 5.74) is 0. The van der Waals surface area contributed by atoms with Crippen LogP contribution in [0.2, 0.25) is 0 Å². The SMILES string of the molecule is CCCCCCCC/C=C\CCCCCCCC(=O)O[C@@H]1CO[C@H]2[C@@H]1OC[C@H]2O. The van der Waals surface area contributed by atoms with Gasteiger partial charge in [-0.1, -0.05) is 70.4 Å². The molecule has 0 aromatic heterocycles. The molecule has 0 bridgehead atoms. The fourth-order valence-corrected chi connectivity index (χ4v) is 4.11. The third-order valence-electron chi connectivity index (χ3n) is 5.91. The van der Waals surface area contributed by atoms with Crippen LogP contribution >= 0.6 is 0 Å². The van der Waals surface area contributed by atoms with Gasteiger partial charge in [-0.15, -0.1) is 0 Å². The molecule has 0 saturated carbocycles. The number of hydrogen-bond donors (Lipinski definition) is 1. The summed E-state index contributed by atoms with van der Waals surface area (Å²) in [6.45, 7) is 2.85. The van der Waals surface area contributed by atoms with E-state index in [4.69, 9.17) is 14.2 Å². The van der Waals surface area contributed by atoms with Crippen molar-refractivity contribution in [1.29, 1.82) is 0 Å². The number of aliphatic hydroxyl groups excluding tert-OH is 1. The highest BCUT2D eigenvalue weighted by atomic mass is 16.6. The Balaban J connectivity index is 1.35. The van der Waals surface area contributed by atoms with Crippen molar-refractivity contribution in [1.82, 2.24) is 0 Å². The number of rotatable bonds is 16. The Labute approximate surface area is 177 Å². The molecule has 0 radical (unpaired) electrons. The first-order valence-electron chi connectivity index (χ1n) is 12.0. The van der Waals surface area contributed by atoms with Crippen LogP contribution in [-0.2, 0) is 19.0 Å². The highest BCUT2D eigenvalue weighted by molar-refractivity contribution is 5.69. The van der Waals surface area contributed by atoms with Crippen LogP contribution in [0.4, 0.5) is 0 Å². The van der Waals surface area contributed by atoms with Gasteiger partial charge in [0.2, 0.25) is 0 Å². The monoisotopic (exact) mass is 410 g/mol. The van der Waals surface area contributed by atoms with Gasteiger partial charge >= 0.3 is 5.97 Å². The predicted molar refractivity (Wildman–Crippen MR) is 115 cm³/mol. The number of allylic oxidation sites excluding steroid dienone is 2. The number of carbonyl (C=O) groups excluding carboxylic acids is 1. The molecule has 2 heterocycles. The molecule has 0 spiro atoms. The summed E-state index contributed by atoms with van der Waals surface area (Å²) in [5.74, 6) is -0.179. The molecule has 29 heavy (non-hydrogen) atoms. The summed E-state index contributed by atoms with van der Waals surface area (Å²) in [6, 6.07) is 0. The zero-order valence-corrected chi connectivity index (χ0v) is 18.4. The van der Waals surface area contributed by atoms with Crippen molar-refractivity contribution < 1.29 is 24.1 Å². The summed E-state index contributed by atoms with van der Waals surface area (Å²) in [7, 11) is 0. The van der Waals surface area contributed by atoms with Crippen LogP contribution in [0, 0.1) is 0 Å². The van der Waals surface area contributed by atoms with Crippen molar-refractivity contribution in [2.75, 3.05) is 13.2 Å². The molecule has 0 amide bonds. The molecule has 2 aliphatic rings. The predicted octanol–water partition coefficient (Wildman–Crippen LogP) is 5.09. The standard InChI is InChI=1S/C24H42O5/c1-2-3-4-5-6-7-8-9-10-11-12-13-14-15-16-17-22(26)29-21-19-28-23-20(25)18-27-24(21)23/h9-10,20-21,23-25H,2-8,11-19H2,1H3/b10-9-/t20-,21-,23-,24-/m1/s1. The van der Waals surface area contributed by atoms with Gasteiger partial charge in [0.05, 0.1) is 13.2 Å². The maximum atomic E-state index is 12.0. The minimum atomic E-state index is -0.603. The van der Waals surface area contributed by atoms with Crippen LogP contribution in [0.1, 0.15) is 96.8 Å². The van der Waals surface area contributed by atoms with Crippen molar-refractivity contribution in [3.63, 3.8) is 0 Å². The molecule has 0 aromatic rings. The Kier molecular flexibility index (Phi) is 12.6. The zero-order chi connectivity index (χ0) is 20.7. The fraction of sp³-hybridized carbons (Fsp3) is 0.875. The summed E-state index contributed by atoms with van der Waals surface area (Å²) < 4.78 is 16.4. The summed E-state index contributed by atoms with van der Waals surface area (Å²) in [5, 5.41) is 9.71. The molecule has 5 nitrogen and oxygen atoms in total. The summed E-state index contributed by atoms with van der Waals surface area (Å²) in [4.78, 5) is 12.0. The topological polar surface area (TPSA) is 65.0 Å². The molecule has 2 saturated heterocycles. The summed E-state index contributed by atoms with van der Waals surface area (Å²) in [6.07, 6.45) is 19.7. The molecule has 2 rings (SSSR count). The van der Waals surface area contributed by atoms with Crippen molar-refractivity contribution in [3.05, 3.63) is 12.2 Å². The van der Waals surface area contributed by atoms with Crippen molar-refractivity contribution in [2.45, 2.75) is 121 Å². The Hall–Kier alpha value is -0.910. The third-order valence-corrected chi connectivity index (χ3v) is 5.91. The normalized spacial score (nSPS) is 26.3. The lowest BCUT2D eigenvalue weighted by Crippen LogP contribution is -2.34. The number of ether oxygens (including phenoxy) is 3. The second kappa shape index (κ2) is 15.0. The molecule has 0 aromatic carbocycles. The van der Waals surface area contributed by atoms with E-state index in [0.29, 0.717) is 13.0 Å². The van der Waals surface area contributed by atoms with E-state index < -0.39 is 6.10 Å². The van der Waals surface area contributed by atoms with Gasteiger partial charge in [0.25, 0.3) is 0 Å². The molecular formula is C24H42O5. The Morgan fingerprint density at radius 2 is 1.45 bits per heavy atom. The maximum absolute atomic E-state index is 12.0. The van der Waals surface area contributed by atoms with Crippen LogP contribution in [0.15, 0.2) is 12.2 Å². The first-order chi connectivity index (χ1) is 14.2. The van der Waals surface area contributed by atoms with Crippen LogP contribution in [0.3, 0.4) is 0 Å². The van der Waals surface area contributed by atoms with E-state index in [2.05, 4.69) is 19.1 Å². The lowest BCUT2D eigenvalue weighted by Gasteiger charge is -2.16. The quantitative estimate of drug-likeness (QED) is 0.218. The van der Waals surface area contributed by atoms with Crippen molar-refractivity contribution in [2.24, 2.45) is 0 Å². The zero-order valence-electron chi connectivity index (χ0n) is 18.4. The first-order valence-corrected chi connectivity index (χ1v) is 12.0. The second-order valence-electron chi connectivity index (χ2n) is 8.53. The van der Waals surface area contributed by atoms with Crippen LogP contribution in [0.25, 0.3) is 0 Å². The largest absolute Gasteiger partial charge is 0.457 e. The van der Waals surface area contributed by atoms with Gasteiger partial charge in [0.1, 0.15) is 18.3 Å². The molecule has 0 unspecified atom stereocenters. The Morgan fingerprint density at radius 1 is 0.862 bits per heavy atom. The molecule has 2 aliphatic heterocycles. The van der Waals surface area contributed by atoms with E-state index in [1.54, 1.807) is 0 Å². The van der Waals surface area contributed by atoms with Crippen molar-refractivity contribution >= 4 is 5.97 Å².